The molecule has 2 aromatic rings. The smallest absolute Gasteiger partial charge is 0.343 e. The third-order valence-electron chi connectivity index (χ3n) is 4.64. The van der Waals surface area contributed by atoms with Crippen molar-refractivity contribution in [2.75, 3.05) is 26.3 Å². The first kappa shape index (κ1) is 20.4. The van der Waals surface area contributed by atoms with Crippen molar-refractivity contribution in [3.8, 4) is 0 Å². The second-order valence-electron chi connectivity index (χ2n) is 6.99. The molecule has 3 rings (SSSR count). The molecular formula is C20H24ClN3O4. The Hall–Kier alpha value is -2.38. The number of nitrogens with zero attached hydrogens (tertiary/aromatic N) is 3. The highest BCUT2D eigenvalue weighted by Gasteiger charge is 2.25. The van der Waals surface area contributed by atoms with Crippen LogP contribution in [0.15, 0.2) is 24.3 Å². The van der Waals surface area contributed by atoms with Gasteiger partial charge in [0, 0.05) is 13.1 Å². The maximum atomic E-state index is 12.5. The fourth-order valence-electron chi connectivity index (χ4n) is 3.09. The van der Waals surface area contributed by atoms with Crippen molar-refractivity contribution in [3.63, 3.8) is 0 Å². The highest BCUT2D eigenvalue weighted by atomic mass is 35.5. The van der Waals surface area contributed by atoms with Crippen LogP contribution >= 0.6 is 11.6 Å². The summed E-state index contributed by atoms with van der Waals surface area (Å²) in [7, 11) is 0. The van der Waals surface area contributed by atoms with Crippen LogP contribution in [0.2, 0.25) is 5.15 Å². The zero-order valence-corrected chi connectivity index (χ0v) is 17.0. The molecule has 1 unspecified atom stereocenters. The van der Waals surface area contributed by atoms with Crippen molar-refractivity contribution in [2.24, 2.45) is 0 Å². The molecule has 1 aromatic heterocycles. The van der Waals surface area contributed by atoms with E-state index in [0.717, 1.165) is 11.1 Å². The van der Waals surface area contributed by atoms with E-state index in [1.807, 2.05) is 38.1 Å². The lowest BCUT2D eigenvalue weighted by Crippen LogP contribution is -2.46. The van der Waals surface area contributed by atoms with Gasteiger partial charge in [0.1, 0.15) is 10.7 Å². The van der Waals surface area contributed by atoms with E-state index in [1.54, 1.807) is 16.5 Å². The summed E-state index contributed by atoms with van der Waals surface area (Å²) in [6, 6.07) is 7.99. The van der Waals surface area contributed by atoms with Crippen LogP contribution in [0.5, 0.6) is 0 Å². The molecule has 1 aliphatic heterocycles. The number of esters is 1. The van der Waals surface area contributed by atoms with Crippen molar-refractivity contribution in [1.82, 2.24) is 14.7 Å². The Morgan fingerprint density at radius 3 is 2.68 bits per heavy atom. The van der Waals surface area contributed by atoms with E-state index in [9.17, 15) is 9.59 Å². The molecule has 1 aromatic carbocycles. The lowest BCUT2D eigenvalue weighted by Gasteiger charge is -2.30. The van der Waals surface area contributed by atoms with Gasteiger partial charge in [0.2, 0.25) is 0 Å². The Labute approximate surface area is 169 Å². The minimum atomic E-state index is -0.646. The summed E-state index contributed by atoms with van der Waals surface area (Å²) in [6.07, 6.45) is -0.0231. The third kappa shape index (κ3) is 4.72. The van der Waals surface area contributed by atoms with Gasteiger partial charge in [-0.3, -0.25) is 4.79 Å². The molecule has 1 atom stereocenters. The van der Waals surface area contributed by atoms with Crippen LogP contribution in [0.25, 0.3) is 0 Å². The molecule has 0 bridgehead atoms. The number of hydrogen-bond acceptors (Lipinski definition) is 5. The number of halogens is 1. The number of aryl methyl sites for hydroxylation is 2. The molecule has 0 radical (unpaired) electrons. The summed E-state index contributed by atoms with van der Waals surface area (Å²) in [6.45, 7) is 7.19. The average molecular weight is 406 g/mol. The SMILES string of the molecule is Cc1ccc(Cn2nc(C)c(C(=O)OCC(=O)N3CCOC(C)C3)c2Cl)cc1. The molecule has 2 heterocycles. The molecule has 7 nitrogen and oxygen atoms in total. The fourth-order valence-corrected chi connectivity index (χ4v) is 3.40. The van der Waals surface area contributed by atoms with Gasteiger partial charge in [-0.05, 0) is 26.3 Å². The van der Waals surface area contributed by atoms with E-state index >= 15 is 0 Å². The molecule has 28 heavy (non-hydrogen) atoms. The van der Waals surface area contributed by atoms with Crippen LogP contribution < -0.4 is 0 Å². The van der Waals surface area contributed by atoms with Crippen molar-refractivity contribution >= 4 is 23.5 Å². The highest BCUT2D eigenvalue weighted by Crippen LogP contribution is 2.22. The van der Waals surface area contributed by atoms with Gasteiger partial charge in [-0.1, -0.05) is 41.4 Å². The number of amides is 1. The quantitative estimate of drug-likeness (QED) is 0.715. The third-order valence-corrected chi connectivity index (χ3v) is 5.03. The van der Waals surface area contributed by atoms with Crippen LogP contribution in [0.1, 0.15) is 34.1 Å². The van der Waals surface area contributed by atoms with Crippen molar-refractivity contribution in [2.45, 2.75) is 33.4 Å². The number of rotatable bonds is 5. The molecule has 1 amide bonds. The van der Waals surface area contributed by atoms with E-state index in [2.05, 4.69) is 5.10 Å². The normalized spacial score (nSPS) is 16.9. The number of carbonyl (C=O) groups is 2. The second-order valence-corrected chi connectivity index (χ2v) is 7.35. The van der Waals surface area contributed by atoms with Gasteiger partial charge in [-0.25, -0.2) is 9.48 Å². The molecule has 0 saturated carbocycles. The van der Waals surface area contributed by atoms with E-state index in [0.29, 0.717) is 31.9 Å². The van der Waals surface area contributed by atoms with Gasteiger partial charge >= 0.3 is 5.97 Å². The predicted molar refractivity (Wildman–Crippen MR) is 105 cm³/mol. The topological polar surface area (TPSA) is 73.7 Å². The van der Waals surface area contributed by atoms with Crippen LogP contribution in [0.3, 0.4) is 0 Å². The van der Waals surface area contributed by atoms with Crippen LogP contribution in [-0.2, 0) is 20.8 Å². The Kier molecular flexibility index (Phi) is 6.36. The highest BCUT2D eigenvalue weighted by molar-refractivity contribution is 6.32. The summed E-state index contributed by atoms with van der Waals surface area (Å²) in [5, 5.41) is 4.55. The summed E-state index contributed by atoms with van der Waals surface area (Å²) < 4.78 is 12.2. The van der Waals surface area contributed by atoms with Crippen LogP contribution in [0.4, 0.5) is 0 Å². The number of aromatic nitrogens is 2. The van der Waals surface area contributed by atoms with E-state index in [-0.39, 0.29) is 29.3 Å². The summed E-state index contributed by atoms with van der Waals surface area (Å²) in [4.78, 5) is 26.4. The molecule has 1 aliphatic rings. The zero-order chi connectivity index (χ0) is 20.3. The lowest BCUT2D eigenvalue weighted by atomic mass is 10.1. The van der Waals surface area contributed by atoms with Crippen molar-refractivity contribution in [3.05, 3.63) is 51.8 Å². The number of hydrogen-bond donors (Lipinski definition) is 0. The molecule has 0 aliphatic carbocycles. The van der Waals surface area contributed by atoms with Gasteiger partial charge < -0.3 is 14.4 Å². The first-order valence-corrected chi connectivity index (χ1v) is 9.58. The summed E-state index contributed by atoms with van der Waals surface area (Å²) in [5.41, 5.74) is 2.84. The molecule has 1 fully saturated rings. The molecule has 0 spiro atoms. The predicted octanol–water partition coefficient (Wildman–Crippen LogP) is 2.61. The van der Waals surface area contributed by atoms with Crippen LogP contribution in [0, 0.1) is 13.8 Å². The number of ether oxygens (including phenoxy) is 2. The van der Waals surface area contributed by atoms with Gasteiger partial charge in [0.25, 0.3) is 5.91 Å². The molecule has 1 saturated heterocycles. The number of benzene rings is 1. The summed E-state index contributed by atoms with van der Waals surface area (Å²) in [5.74, 6) is -0.892. The minimum absolute atomic E-state index is 0.0231. The Bertz CT molecular complexity index is 863. The number of morpholine rings is 1. The molecule has 8 heteroatoms. The van der Waals surface area contributed by atoms with Gasteiger partial charge in [0.15, 0.2) is 6.61 Å². The maximum absolute atomic E-state index is 12.5. The summed E-state index contributed by atoms with van der Waals surface area (Å²) >= 11 is 6.38. The van der Waals surface area contributed by atoms with E-state index < -0.39 is 5.97 Å². The first-order chi connectivity index (χ1) is 13.3. The number of carbonyl (C=O) groups excluding carboxylic acids is 2. The Morgan fingerprint density at radius 1 is 1.29 bits per heavy atom. The monoisotopic (exact) mass is 405 g/mol. The van der Waals surface area contributed by atoms with Gasteiger partial charge in [-0.2, -0.15) is 5.10 Å². The van der Waals surface area contributed by atoms with Gasteiger partial charge in [-0.15, -0.1) is 0 Å². The average Bonchev–Trinajstić information content (AvgIpc) is 2.94. The van der Waals surface area contributed by atoms with E-state index in [1.165, 1.54) is 0 Å². The fraction of sp³-hybridized carbons (Fsp3) is 0.450. The zero-order valence-electron chi connectivity index (χ0n) is 16.3. The molecule has 150 valence electrons. The Balaban J connectivity index is 1.64. The first-order valence-electron chi connectivity index (χ1n) is 9.20. The minimum Gasteiger partial charge on any atom is -0.452 e. The Morgan fingerprint density at radius 2 is 2.00 bits per heavy atom. The van der Waals surface area contributed by atoms with Crippen molar-refractivity contribution in [1.29, 1.82) is 0 Å². The molecular weight excluding hydrogens is 382 g/mol. The van der Waals surface area contributed by atoms with Crippen LogP contribution in [-0.4, -0.2) is 59.0 Å². The largest absolute Gasteiger partial charge is 0.452 e. The van der Waals surface area contributed by atoms with Gasteiger partial charge in [0.05, 0.1) is 24.9 Å². The van der Waals surface area contributed by atoms with E-state index in [4.69, 9.17) is 21.1 Å². The standard InChI is InChI=1S/C20H24ClN3O4/c1-13-4-6-16(7-5-13)11-24-19(21)18(15(3)22-24)20(26)28-12-17(25)23-8-9-27-14(2)10-23/h4-7,14H,8-12H2,1-3H3. The maximum Gasteiger partial charge on any atom is 0.343 e. The van der Waals surface area contributed by atoms with Crippen molar-refractivity contribution < 1.29 is 19.1 Å². The molecule has 0 N–H and O–H groups in total. The lowest BCUT2D eigenvalue weighted by molar-refractivity contribution is -0.141. The second kappa shape index (κ2) is 8.75.